The number of nitrogens with zero attached hydrogens (tertiary/aromatic N) is 4. The highest BCUT2D eigenvalue weighted by Gasteiger charge is 2.08. The van der Waals surface area contributed by atoms with Crippen LogP contribution in [0.1, 0.15) is 5.69 Å². The van der Waals surface area contributed by atoms with Crippen LogP contribution >= 0.6 is 0 Å². The van der Waals surface area contributed by atoms with Crippen LogP contribution in [0.5, 0.6) is 0 Å². The Morgan fingerprint density at radius 2 is 2.19 bits per heavy atom. The standard InChI is InChI=1S/C10H13N5O/c1-7-4-9(11-2)10(16)15(13-7)8-5-12-14(3)6-8/h4-6,11H,1-3H3. The van der Waals surface area contributed by atoms with Gasteiger partial charge in [0.05, 0.1) is 18.1 Å². The summed E-state index contributed by atoms with van der Waals surface area (Å²) in [6.07, 6.45) is 3.35. The molecular weight excluding hydrogens is 206 g/mol. The minimum atomic E-state index is -0.180. The van der Waals surface area contributed by atoms with Gasteiger partial charge in [-0.05, 0) is 13.0 Å². The van der Waals surface area contributed by atoms with Crippen molar-refractivity contribution in [1.82, 2.24) is 19.6 Å². The van der Waals surface area contributed by atoms with Crippen LogP contribution in [0.4, 0.5) is 5.69 Å². The minimum Gasteiger partial charge on any atom is -0.384 e. The molecule has 0 aliphatic carbocycles. The van der Waals surface area contributed by atoms with Crippen LogP contribution in [0.15, 0.2) is 23.3 Å². The summed E-state index contributed by atoms with van der Waals surface area (Å²) in [5.74, 6) is 0. The van der Waals surface area contributed by atoms with Crippen LogP contribution in [0.3, 0.4) is 0 Å². The average molecular weight is 219 g/mol. The molecule has 0 unspecified atom stereocenters. The molecule has 2 heterocycles. The Morgan fingerprint density at radius 3 is 2.75 bits per heavy atom. The van der Waals surface area contributed by atoms with Crippen molar-refractivity contribution >= 4 is 5.69 Å². The fourth-order valence-corrected chi connectivity index (χ4v) is 1.49. The molecule has 2 rings (SSSR count). The summed E-state index contributed by atoms with van der Waals surface area (Å²) in [4.78, 5) is 12.0. The molecule has 0 aromatic carbocycles. The van der Waals surface area contributed by atoms with Gasteiger partial charge < -0.3 is 5.32 Å². The first kappa shape index (κ1) is 10.4. The number of hydrogen-bond donors (Lipinski definition) is 1. The third kappa shape index (κ3) is 1.69. The molecule has 1 N–H and O–H groups in total. The molecule has 0 saturated heterocycles. The lowest BCUT2D eigenvalue weighted by atomic mass is 10.3. The summed E-state index contributed by atoms with van der Waals surface area (Å²) >= 11 is 0. The number of anilines is 1. The minimum absolute atomic E-state index is 0.180. The molecule has 16 heavy (non-hydrogen) atoms. The van der Waals surface area contributed by atoms with E-state index in [0.717, 1.165) is 5.69 Å². The van der Waals surface area contributed by atoms with E-state index in [1.807, 2.05) is 6.92 Å². The maximum atomic E-state index is 12.0. The van der Waals surface area contributed by atoms with Gasteiger partial charge in [0.1, 0.15) is 11.4 Å². The second kappa shape index (κ2) is 3.80. The van der Waals surface area contributed by atoms with Crippen molar-refractivity contribution in [3.05, 3.63) is 34.5 Å². The second-order valence-electron chi connectivity index (χ2n) is 3.54. The Morgan fingerprint density at radius 1 is 1.44 bits per heavy atom. The maximum absolute atomic E-state index is 12.0. The first-order chi connectivity index (χ1) is 7.61. The van der Waals surface area contributed by atoms with E-state index in [1.54, 1.807) is 37.2 Å². The van der Waals surface area contributed by atoms with Crippen LogP contribution in [0, 0.1) is 6.92 Å². The van der Waals surface area contributed by atoms with Crippen molar-refractivity contribution in [3.8, 4) is 5.69 Å². The lowest BCUT2D eigenvalue weighted by Gasteiger charge is -2.05. The first-order valence-electron chi connectivity index (χ1n) is 4.89. The van der Waals surface area contributed by atoms with Gasteiger partial charge in [-0.25, -0.2) is 0 Å². The Balaban J connectivity index is 2.65. The fraction of sp³-hybridized carbons (Fsp3) is 0.300. The van der Waals surface area contributed by atoms with E-state index in [9.17, 15) is 4.79 Å². The summed E-state index contributed by atoms with van der Waals surface area (Å²) in [6.45, 7) is 1.84. The molecule has 6 heteroatoms. The molecule has 0 spiro atoms. The number of rotatable bonds is 2. The monoisotopic (exact) mass is 219 g/mol. The molecule has 6 nitrogen and oxygen atoms in total. The normalized spacial score (nSPS) is 10.4. The molecule has 2 aromatic heterocycles. The zero-order valence-corrected chi connectivity index (χ0v) is 9.43. The van der Waals surface area contributed by atoms with Gasteiger partial charge in [0.25, 0.3) is 5.56 Å². The Bertz CT molecular complexity index is 569. The number of aryl methyl sites for hydroxylation is 2. The predicted octanol–water partition coefficient (Wildman–Crippen LogP) is 0.316. The third-order valence-corrected chi connectivity index (χ3v) is 2.24. The van der Waals surface area contributed by atoms with E-state index in [0.29, 0.717) is 11.4 Å². The summed E-state index contributed by atoms with van der Waals surface area (Å²) in [6, 6.07) is 1.72. The number of nitrogens with one attached hydrogen (secondary N) is 1. The van der Waals surface area contributed by atoms with Gasteiger partial charge in [0, 0.05) is 14.1 Å². The van der Waals surface area contributed by atoms with Crippen molar-refractivity contribution in [2.45, 2.75) is 6.92 Å². The smallest absolute Gasteiger partial charge is 0.294 e. The highest BCUT2D eigenvalue weighted by Crippen LogP contribution is 2.05. The molecule has 0 radical (unpaired) electrons. The van der Waals surface area contributed by atoms with Crippen molar-refractivity contribution < 1.29 is 0 Å². The summed E-state index contributed by atoms with van der Waals surface area (Å²) < 4.78 is 2.97. The van der Waals surface area contributed by atoms with Crippen molar-refractivity contribution in [2.75, 3.05) is 12.4 Å². The quantitative estimate of drug-likeness (QED) is 0.789. The van der Waals surface area contributed by atoms with Gasteiger partial charge in [0.2, 0.25) is 0 Å². The van der Waals surface area contributed by atoms with Gasteiger partial charge >= 0.3 is 0 Å². The fourth-order valence-electron chi connectivity index (χ4n) is 1.49. The third-order valence-electron chi connectivity index (χ3n) is 2.24. The van der Waals surface area contributed by atoms with Crippen molar-refractivity contribution in [1.29, 1.82) is 0 Å². The van der Waals surface area contributed by atoms with E-state index < -0.39 is 0 Å². The molecule has 0 bridgehead atoms. The maximum Gasteiger partial charge on any atom is 0.294 e. The van der Waals surface area contributed by atoms with E-state index in [2.05, 4.69) is 15.5 Å². The highest BCUT2D eigenvalue weighted by atomic mass is 16.1. The number of aromatic nitrogens is 4. The Hall–Kier alpha value is -2.11. The van der Waals surface area contributed by atoms with Crippen molar-refractivity contribution in [3.63, 3.8) is 0 Å². The van der Waals surface area contributed by atoms with Gasteiger partial charge in [0.15, 0.2) is 0 Å². The van der Waals surface area contributed by atoms with Gasteiger partial charge in [-0.1, -0.05) is 0 Å². The predicted molar refractivity (Wildman–Crippen MR) is 60.9 cm³/mol. The second-order valence-corrected chi connectivity index (χ2v) is 3.54. The Kier molecular flexibility index (Phi) is 2.47. The SMILES string of the molecule is CNc1cc(C)nn(-c2cnn(C)c2)c1=O. The van der Waals surface area contributed by atoms with E-state index in [4.69, 9.17) is 0 Å². The summed E-state index contributed by atoms with van der Waals surface area (Å²) in [5, 5.41) is 11.0. The van der Waals surface area contributed by atoms with Crippen LogP contribution in [-0.2, 0) is 7.05 Å². The zero-order valence-electron chi connectivity index (χ0n) is 9.43. The molecule has 2 aromatic rings. The number of hydrogen-bond acceptors (Lipinski definition) is 4. The lowest BCUT2D eigenvalue weighted by molar-refractivity contribution is 0.760. The van der Waals surface area contributed by atoms with E-state index >= 15 is 0 Å². The Labute approximate surface area is 92.5 Å². The van der Waals surface area contributed by atoms with Crippen LogP contribution in [-0.4, -0.2) is 26.6 Å². The topological polar surface area (TPSA) is 64.7 Å². The molecule has 0 amide bonds. The van der Waals surface area contributed by atoms with Crippen LogP contribution in [0.25, 0.3) is 5.69 Å². The average Bonchev–Trinajstić information content (AvgIpc) is 2.67. The largest absolute Gasteiger partial charge is 0.384 e. The first-order valence-corrected chi connectivity index (χ1v) is 4.89. The van der Waals surface area contributed by atoms with E-state index in [1.165, 1.54) is 4.68 Å². The van der Waals surface area contributed by atoms with Gasteiger partial charge in [-0.2, -0.15) is 14.9 Å². The molecule has 0 aliphatic heterocycles. The summed E-state index contributed by atoms with van der Waals surface area (Å²) in [7, 11) is 3.51. The molecule has 0 fully saturated rings. The van der Waals surface area contributed by atoms with Crippen molar-refractivity contribution in [2.24, 2.45) is 7.05 Å². The summed E-state index contributed by atoms with van der Waals surface area (Å²) in [5.41, 5.74) is 1.78. The van der Waals surface area contributed by atoms with Gasteiger partial charge in [-0.15, -0.1) is 0 Å². The highest BCUT2D eigenvalue weighted by molar-refractivity contribution is 5.42. The van der Waals surface area contributed by atoms with E-state index in [-0.39, 0.29) is 5.56 Å². The molecule has 0 atom stereocenters. The van der Waals surface area contributed by atoms with Crippen LogP contribution < -0.4 is 10.9 Å². The molecule has 0 aliphatic rings. The zero-order chi connectivity index (χ0) is 11.7. The molecule has 0 saturated carbocycles. The molecule has 84 valence electrons. The van der Waals surface area contributed by atoms with Crippen LogP contribution in [0.2, 0.25) is 0 Å². The van der Waals surface area contributed by atoms with Gasteiger partial charge in [-0.3, -0.25) is 9.48 Å². The molecular formula is C10H13N5O. The lowest BCUT2D eigenvalue weighted by Crippen LogP contribution is -2.24.